The number of carbonyl (C=O) groups is 1. The number of piperidine rings is 1. The minimum Gasteiger partial charge on any atom is -0.450 e. The summed E-state index contributed by atoms with van der Waals surface area (Å²) < 4.78 is 4.93. The Bertz CT molecular complexity index is 1180. The Hall–Kier alpha value is -3.87. The number of anilines is 1. The van der Waals surface area contributed by atoms with E-state index in [0.717, 1.165) is 35.6 Å². The van der Waals surface area contributed by atoms with Gasteiger partial charge in [0.1, 0.15) is 6.10 Å². The van der Waals surface area contributed by atoms with Gasteiger partial charge in [0.2, 0.25) is 0 Å². The van der Waals surface area contributed by atoms with Crippen LogP contribution in [0.5, 0.6) is 0 Å². The summed E-state index contributed by atoms with van der Waals surface area (Å²) in [5, 5.41) is 22.4. The summed E-state index contributed by atoms with van der Waals surface area (Å²) in [5.74, 6) is 0.0133. The third-order valence-electron chi connectivity index (χ3n) is 6.68. The molecule has 2 aromatic carbocycles. The summed E-state index contributed by atoms with van der Waals surface area (Å²) in [6, 6.07) is 20.6. The first-order valence-electron chi connectivity index (χ1n) is 11.9. The average Bonchev–Trinajstić information content (AvgIpc) is 2.86. The minimum atomic E-state index is -1.21. The summed E-state index contributed by atoms with van der Waals surface area (Å²) in [6.07, 6.45) is 2.20. The molecule has 7 nitrogen and oxygen atoms in total. The maximum Gasteiger partial charge on any atom is 0.506 e. The van der Waals surface area contributed by atoms with Crippen LogP contribution in [0.3, 0.4) is 0 Å². The van der Waals surface area contributed by atoms with E-state index in [1.807, 2.05) is 31.2 Å². The molecule has 0 saturated carbocycles. The average molecular weight is 474 g/mol. The van der Waals surface area contributed by atoms with Gasteiger partial charge in [-0.2, -0.15) is 0 Å². The minimum absolute atomic E-state index is 0.0133. The van der Waals surface area contributed by atoms with Crippen LogP contribution in [-0.4, -0.2) is 46.4 Å². The molecule has 0 aliphatic carbocycles. The molecule has 0 amide bonds. The fourth-order valence-electron chi connectivity index (χ4n) is 4.81. The van der Waals surface area contributed by atoms with Crippen LogP contribution >= 0.6 is 0 Å². The Morgan fingerprint density at radius 1 is 1.11 bits per heavy atom. The van der Waals surface area contributed by atoms with Gasteiger partial charge in [-0.05, 0) is 54.8 Å². The fourth-order valence-corrected chi connectivity index (χ4v) is 4.81. The van der Waals surface area contributed by atoms with Crippen molar-refractivity contribution in [2.75, 3.05) is 18.0 Å². The van der Waals surface area contributed by atoms with Crippen molar-refractivity contribution in [2.45, 2.75) is 45.1 Å². The Morgan fingerprint density at radius 3 is 2.46 bits per heavy atom. The number of nitrogens with zero attached hydrogens (tertiary/aromatic N) is 3. The van der Waals surface area contributed by atoms with Gasteiger partial charge >= 0.3 is 6.16 Å². The van der Waals surface area contributed by atoms with Gasteiger partial charge in [-0.15, -0.1) is 0 Å². The third-order valence-corrected chi connectivity index (χ3v) is 6.68. The lowest BCUT2D eigenvalue weighted by Crippen LogP contribution is -2.37. The van der Waals surface area contributed by atoms with Crippen molar-refractivity contribution in [1.82, 2.24) is 4.98 Å². The summed E-state index contributed by atoms with van der Waals surface area (Å²) in [4.78, 5) is 17.3. The number of hydrogen-bond acceptors (Lipinski definition) is 6. The van der Waals surface area contributed by atoms with Crippen molar-refractivity contribution in [3.8, 4) is 0 Å². The van der Waals surface area contributed by atoms with Crippen LogP contribution in [0.15, 0.2) is 72.0 Å². The molecule has 4 rings (SSSR count). The lowest BCUT2D eigenvalue weighted by atomic mass is 9.83. The van der Waals surface area contributed by atoms with Crippen molar-refractivity contribution < 1.29 is 19.8 Å². The van der Waals surface area contributed by atoms with Crippen LogP contribution < -0.4 is 4.90 Å². The van der Waals surface area contributed by atoms with Gasteiger partial charge in [0.25, 0.3) is 0 Å². The second-order valence-corrected chi connectivity index (χ2v) is 9.01. The number of benzene rings is 2. The molecule has 0 bridgehead atoms. The number of pyridine rings is 1. The van der Waals surface area contributed by atoms with Gasteiger partial charge in [-0.1, -0.05) is 41.6 Å². The quantitative estimate of drug-likeness (QED) is 0.196. The van der Waals surface area contributed by atoms with Crippen LogP contribution in [0, 0.1) is 13.8 Å². The molecule has 1 aliphatic heterocycles. The van der Waals surface area contributed by atoms with E-state index in [0.29, 0.717) is 25.0 Å². The predicted molar refractivity (Wildman–Crippen MR) is 136 cm³/mol. The SMILES string of the molecule is Cc1cc(/C(C[C@H](c2ccc(N3CCC(OC(=O)O)CC3)cc2)c2ccccc2C)=N/O)ccn1. The van der Waals surface area contributed by atoms with E-state index >= 15 is 0 Å². The van der Waals surface area contributed by atoms with Crippen molar-refractivity contribution in [2.24, 2.45) is 5.16 Å². The predicted octanol–water partition coefficient (Wildman–Crippen LogP) is 5.76. The summed E-state index contributed by atoms with van der Waals surface area (Å²) in [7, 11) is 0. The number of ether oxygens (including phenoxy) is 1. The van der Waals surface area contributed by atoms with E-state index in [1.165, 1.54) is 11.1 Å². The number of oxime groups is 1. The molecule has 1 atom stereocenters. The van der Waals surface area contributed by atoms with Gasteiger partial charge in [0.15, 0.2) is 0 Å². The molecule has 1 aromatic heterocycles. The molecule has 0 spiro atoms. The number of aryl methyl sites for hydroxylation is 2. The Labute approximate surface area is 205 Å². The summed E-state index contributed by atoms with van der Waals surface area (Å²) in [5.41, 5.74) is 6.97. The lowest BCUT2D eigenvalue weighted by Gasteiger charge is -2.33. The van der Waals surface area contributed by atoms with Gasteiger partial charge in [0.05, 0.1) is 5.71 Å². The third kappa shape index (κ3) is 5.98. The van der Waals surface area contributed by atoms with Gasteiger partial charge in [-0.25, -0.2) is 4.79 Å². The van der Waals surface area contributed by atoms with E-state index in [9.17, 15) is 10.0 Å². The number of hydrogen-bond donors (Lipinski definition) is 2. The van der Waals surface area contributed by atoms with Crippen LogP contribution in [0.1, 0.15) is 53.1 Å². The standard InChI is InChI=1S/C28H31N3O4/c1-19-5-3-4-6-25(19)26(18-27(30-34)22-11-14-29-20(2)17-22)21-7-9-23(10-8-21)31-15-12-24(13-16-31)35-28(32)33/h3-11,14,17,24,26,34H,12-13,15-16,18H2,1-2H3,(H,32,33)/b30-27+/t26-/m1/s1. The second kappa shape index (κ2) is 11.0. The zero-order chi connectivity index (χ0) is 24.8. The van der Waals surface area contributed by atoms with E-state index < -0.39 is 6.16 Å². The van der Waals surface area contributed by atoms with Gasteiger partial charge < -0.3 is 20.0 Å². The lowest BCUT2D eigenvalue weighted by molar-refractivity contribution is 0.0416. The maximum absolute atomic E-state index is 10.8. The normalized spacial score (nSPS) is 15.6. The van der Waals surface area contributed by atoms with Crippen molar-refractivity contribution in [3.05, 3.63) is 94.8 Å². The highest BCUT2D eigenvalue weighted by Gasteiger charge is 2.24. The molecule has 1 saturated heterocycles. The Kier molecular flexibility index (Phi) is 7.65. The maximum atomic E-state index is 10.8. The number of rotatable bonds is 7. The first-order chi connectivity index (χ1) is 16.9. The fraction of sp³-hybridized carbons (Fsp3) is 0.321. The Morgan fingerprint density at radius 2 is 1.83 bits per heavy atom. The van der Waals surface area contributed by atoms with Crippen molar-refractivity contribution in [3.63, 3.8) is 0 Å². The second-order valence-electron chi connectivity index (χ2n) is 9.01. The molecular weight excluding hydrogens is 442 g/mol. The number of carboxylic acid groups (broad SMARTS) is 1. The highest BCUT2D eigenvalue weighted by Crippen LogP contribution is 2.33. The molecule has 7 heteroatoms. The molecule has 35 heavy (non-hydrogen) atoms. The van der Waals surface area contributed by atoms with E-state index in [2.05, 4.69) is 58.4 Å². The first-order valence-corrected chi connectivity index (χ1v) is 11.9. The summed E-state index contributed by atoms with van der Waals surface area (Å²) >= 11 is 0. The summed E-state index contributed by atoms with van der Waals surface area (Å²) in [6.45, 7) is 5.53. The molecule has 3 aromatic rings. The van der Waals surface area contributed by atoms with Crippen LogP contribution in [0.4, 0.5) is 10.5 Å². The van der Waals surface area contributed by atoms with Crippen molar-refractivity contribution in [1.29, 1.82) is 0 Å². The van der Waals surface area contributed by atoms with E-state index in [4.69, 9.17) is 9.84 Å². The molecule has 2 N–H and O–H groups in total. The highest BCUT2D eigenvalue weighted by atomic mass is 16.7. The molecule has 1 aliphatic rings. The first kappa shape index (κ1) is 24.3. The molecule has 0 unspecified atom stereocenters. The smallest absolute Gasteiger partial charge is 0.450 e. The molecular formula is C28H31N3O4. The molecule has 2 heterocycles. The monoisotopic (exact) mass is 473 g/mol. The van der Waals surface area contributed by atoms with E-state index in [-0.39, 0.29) is 12.0 Å². The molecule has 182 valence electrons. The zero-order valence-corrected chi connectivity index (χ0v) is 20.1. The Balaban J connectivity index is 1.57. The molecule has 0 radical (unpaired) electrons. The molecule has 1 fully saturated rings. The number of aromatic nitrogens is 1. The van der Waals surface area contributed by atoms with Crippen LogP contribution in [0.25, 0.3) is 0 Å². The topological polar surface area (TPSA) is 95.2 Å². The zero-order valence-electron chi connectivity index (χ0n) is 20.1. The largest absolute Gasteiger partial charge is 0.506 e. The van der Waals surface area contributed by atoms with Crippen LogP contribution in [0.2, 0.25) is 0 Å². The van der Waals surface area contributed by atoms with Gasteiger partial charge in [0, 0.05) is 61.4 Å². The van der Waals surface area contributed by atoms with Crippen LogP contribution in [-0.2, 0) is 4.74 Å². The van der Waals surface area contributed by atoms with E-state index in [1.54, 1.807) is 6.20 Å². The van der Waals surface area contributed by atoms with Crippen molar-refractivity contribution >= 4 is 17.6 Å². The highest BCUT2D eigenvalue weighted by molar-refractivity contribution is 6.01. The van der Waals surface area contributed by atoms with Gasteiger partial charge in [-0.3, -0.25) is 4.98 Å².